The van der Waals surface area contributed by atoms with Crippen LogP contribution in [-0.2, 0) is 21.4 Å². The number of carboxylic acids is 1. The van der Waals surface area contributed by atoms with E-state index in [1.54, 1.807) is 0 Å². The van der Waals surface area contributed by atoms with E-state index in [-0.39, 0.29) is 40.4 Å². The number of aromatic amines is 1. The van der Waals surface area contributed by atoms with Crippen molar-refractivity contribution in [1.29, 1.82) is 0 Å². The van der Waals surface area contributed by atoms with Crippen LogP contribution < -0.4 is 9.83 Å². The van der Waals surface area contributed by atoms with Gasteiger partial charge in [0, 0.05) is 18.1 Å². The molecule has 1 saturated carbocycles. The number of sulfonamides is 1. The van der Waals surface area contributed by atoms with Gasteiger partial charge in [-0.3, -0.25) is 5.10 Å². The molecule has 1 fully saturated rings. The van der Waals surface area contributed by atoms with Crippen molar-refractivity contribution in [3.8, 4) is 0 Å². The molecule has 1 aliphatic carbocycles. The molecule has 2 aromatic heterocycles. The normalized spacial score (nSPS) is 17.7. The van der Waals surface area contributed by atoms with Crippen molar-refractivity contribution in [2.45, 2.75) is 95.9 Å². The number of hydrogen-bond acceptors (Lipinski definition) is 8. The van der Waals surface area contributed by atoms with Gasteiger partial charge in [0.25, 0.3) is 0 Å². The highest BCUT2D eigenvalue weighted by molar-refractivity contribution is 7.89. The number of aromatic nitrogens is 4. The lowest BCUT2D eigenvalue weighted by atomic mass is 9.57. The largest absolute Gasteiger partial charge is 0.550 e. The number of nitrogens with one attached hydrogen (secondary N) is 2. The minimum Gasteiger partial charge on any atom is -0.550 e. The average molecular weight is 481 g/mol. The highest BCUT2D eigenvalue weighted by Crippen LogP contribution is 2.53. The quantitative estimate of drug-likeness (QED) is 0.497. The highest BCUT2D eigenvalue weighted by Gasteiger charge is 2.41. The molecule has 10 nitrogen and oxygen atoms in total. The SMILES string of the molecule is CC(C)(C)C1(CCCC(CC(=O)[O-])c2nc(CNS(=O)(=O)c3cn[nH]c3)no2)CCCCC1. The molecule has 2 N–H and O–H groups in total. The van der Waals surface area contributed by atoms with Gasteiger partial charge in [-0.05, 0) is 42.9 Å². The first kappa shape index (κ1) is 25.4. The zero-order valence-electron chi connectivity index (χ0n) is 19.6. The van der Waals surface area contributed by atoms with Crippen LogP contribution in [0.1, 0.15) is 96.2 Å². The molecule has 0 saturated heterocycles. The first-order valence-corrected chi connectivity index (χ1v) is 13.0. The number of carboxylic acid groups (broad SMARTS) is 1. The van der Waals surface area contributed by atoms with E-state index in [1.807, 2.05) is 0 Å². The highest BCUT2D eigenvalue weighted by atomic mass is 32.2. The summed E-state index contributed by atoms with van der Waals surface area (Å²) >= 11 is 0. The summed E-state index contributed by atoms with van der Waals surface area (Å²) in [4.78, 5) is 15.6. The van der Waals surface area contributed by atoms with Gasteiger partial charge in [0.15, 0.2) is 5.82 Å². The fourth-order valence-corrected chi connectivity index (χ4v) is 5.82. The summed E-state index contributed by atoms with van der Waals surface area (Å²) in [5.74, 6) is -1.31. The topological polar surface area (TPSA) is 154 Å². The van der Waals surface area contributed by atoms with E-state index in [1.165, 1.54) is 44.5 Å². The Morgan fingerprint density at radius 1 is 1.30 bits per heavy atom. The van der Waals surface area contributed by atoms with E-state index in [9.17, 15) is 18.3 Å². The van der Waals surface area contributed by atoms with Crippen LogP contribution in [0.3, 0.4) is 0 Å². The van der Waals surface area contributed by atoms with Gasteiger partial charge in [0.05, 0.1) is 12.7 Å². The fourth-order valence-electron chi connectivity index (χ4n) is 4.94. The Kier molecular flexibility index (Phi) is 7.94. The second-order valence-corrected chi connectivity index (χ2v) is 11.8. The summed E-state index contributed by atoms with van der Waals surface area (Å²) in [6, 6.07) is 0. The van der Waals surface area contributed by atoms with Gasteiger partial charge in [-0.1, -0.05) is 51.6 Å². The van der Waals surface area contributed by atoms with Crippen LogP contribution in [0.15, 0.2) is 21.8 Å². The van der Waals surface area contributed by atoms with Gasteiger partial charge in [-0.2, -0.15) is 10.1 Å². The predicted molar refractivity (Wildman–Crippen MR) is 118 cm³/mol. The van der Waals surface area contributed by atoms with E-state index in [2.05, 4.69) is 45.8 Å². The Morgan fingerprint density at radius 3 is 2.64 bits per heavy atom. The van der Waals surface area contributed by atoms with Crippen molar-refractivity contribution in [1.82, 2.24) is 25.1 Å². The second kappa shape index (κ2) is 10.3. The third kappa shape index (κ3) is 6.41. The maximum absolute atomic E-state index is 12.2. The molecule has 0 aromatic carbocycles. The van der Waals surface area contributed by atoms with Crippen molar-refractivity contribution < 1.29 is 22.8 Å². The third-order valence-electron chi connectivity index (χ3n) is 7.06. The van der Waals surface area contributed by atoms with Crippen molar-refractivity contribution in [2.75, 3.05) is 0 Å². The number of carbonyl (C=O) groups is 1. The fraction of sp³-hybridized carbons (Fsp3) is 0.727. The molecular formula is C22H34N5O5S-. The zero-order valence-corrected chi connectivity index (χ0v) is 20.4. The molecule has 1 atom stereocenters. The van der Waals surface area contributed by atoms with Crippen LogP contribution in [0.25, 0.3) is 0 Å². The summed E-state index contributed by atoms with van der Waals surface area (Å²) < 4.78 is 32.1. The minimum atomic E-state index is -3.76. The van der Waals surface area contributed by atoms with Gasteiger partial charge in [-0.15, -0.1) is 0 Å². The monoisotopic (exact) mass is 480 g/mol. The summed E-state index contributed by atoms with van der Waals surface area (Å²) in [5.41, 5.74) is 0.434. The van der Waals surface area contributed by atoms with Gasteiger partial charge in [0.2, 0.25) is 15.9 Å². The molecule has 0 aliphatic heterocycles. The third-order valence-corrected chi connectivity index (χ3v) is 8.43. The van der Waals surface area contributed by atoms with Crippen LogP contribution >= 0.6 is 0 Å². The summed E-state index contributed by atoms with van der Waals surface area (Å²) in [6.45, 7) is 6.71. The van der Waals surface area contributed by atoms with Crippen LogP contribution in [0.2, 0.25) is 0 Å². The Hall–Kier alpha value is -2.27. The summed E-state index contributed by atoms with van der Waals surface area (Å²) in [7, 11) is -3.76. The van der Waals surface area contributed by atoms with Crippen LogP contribution in [-0.4, -0.2) is 34.7 Å². The molecule has 0 bridgehead atoms. The molecule has 1 unspecified atom stereocenters. The van der Waals surface area contributed by atoms with E-state index >= 15 is 0 Å². The van der Waals surface area contributed by atoms with Crippen LogP contribution in [0, 0.1) is 10.8 Å². The summed E-state index contributed by atoms with van der Waals surface area (Å²) in [6.07, 6.45) is 10.8. The van der Waals surface area contributed by atoms with Crippen molar-refractivity contribution in [2.24, 2.45) is 10.8 Å². The lowest BCUT2D eigenvalue weighted by molar-refractivity contribution is -0.306. The molecule has 11 heteroatoms. The molecule has 0 radical (unpaired) electrons. The van der Waals surface area contributed by atoms with Crippen molar-refractivity contribution in [3.63, 3.8) is 0 Å². The lowest BCUT2D eigenvalue weighted by Gasteiger charge is -2.48. The van der Waals surface area contributed by atoms with E-state index in [4.69, 9.17) is 4.52 Å². The van der Waals surface area contributed by atoms with Crippen LogP contribution in [0.5, 0.6) is 0 Å². The Morgan fingerprint density at radius 2 is 2.03 bits per heavy atom. The number of rotatable bonds is 11. The van der Waals surface area contributed by atoms with E-state index in [0.717, 1.165) is 12.8 Å². The van der Waals surface area contributed by atoms with Crippen molar-refractivity contribution in [3.05, 3.63) is 24.1 Å². The molecule has 184 valence electrons. The molecular weight excluding hydrogens is 446 g/mol. The minimum absolute atomic E-state index is 0.00321. The van der Waals surface area contributed by atoms with E-state index < -0.39 is 21.9 Å². The number of carbonyl (C=O) groups excluding carboxylic acids is 1. The predicted octanol–water partition coefficient (Wildman–Crippen LogP) is 2.66. The standard InChI is InChI=1S/C22H35N5O5S/c1-21(2,3)22(9-5-4-6-10-22)11-7-8-16(12-19(28)29)20-26-18(27-32-20)15-25-33(30,31)17-13-23-24-14-17/h13-14,16,25H,4-12,15H2,1-3H3,(H,23,24)(H,28,29)/p-1. The number of H-pyrrole nitrogens is 1. The van der Waals surface area contributed by atoms with E-state index in [0.29, 0.717) is 6.42 Å². The molecule has 2 aromatic rings. The first-order valence-electron chi connectivity index (χ1n) is 11.5. The van der Waals surface area contributed by atoms with Gasteiger partial charge in [0.1, 0.15) is 4.90 Å². The first-order chi connectivity index (χ1) is 15.5. The molecule has 3 rings (SSSR count). The van der Waals surface area contributed by atoms with Gasteiger partial charge < -0.3 is 14.4 Å². The lowest BCUT2D eigenvalue weighted by Crippen LogP contribution is -2.37. The van der Waals surface area contributed by atoms with Crippen molar-refractivity contribution >= 4 is 16.0 Å². The molecule has 0 spiro atoms. The molecule has 1 aliphatic rings. The van der Waals surface area contributed by atoms with Crippen LogP contribution in [0.4, 0.5) is 0 Å². The average Bonchev–Trinajstić information content (AvgIpc) is 3.44. The Labute approximate surface area is 195 Å². The second-order valence-electron chi connectivity index (χ2n) is 10.1. The Bertz CT molecular complexity index is 1000. The molecule has 0 amide bonds. The Balaban J connectivity index is 1.63. The smallest absolute Gasteiger partial charge is 0.244 e. The summed E-state index contributed by atoms with van der Waals surface area (Å²) in [5, 5.41) is 21.3. The number of nitrogens with zero attached hydrogens (tertiary/aromatic N) is 3. The number of hydrogen-bond donors (Lipinski definition) is 2. The zero-order chi connectivity index (χ0) is 24.1. The maximum atomic E-state index is 12.2. The number of aliphatic carboxylic acids is 1. The van der Waals surface area contributed by atoms with Gasteiger partial charge >= 0.3 is 0 Å². The van der Waals surface area contributed by atoms with Gasteiger partial charge in [-0.25, -0.2) is 13.1 Å². The molecule has 33 heavy (non-hydrogen) atoms. The molecule has 2 heterocycles. The maximum Gasteiger partial charge on any atom is 0.244 e.